The summed E-state index contributed by atoms with van der Waals surface area (Å²) in [5.74, 6) is 0. The topological polar surface area (TPSA) is 44.7 Å². The van der Waals surface area contributed by atoms with Crippen LogP contribution in [0.15, 0.2) is 75.6 Å². The zero-order chi connectivity index (χ0) is 22.5. The fourth-order valence-electron chi connectivity index (χ4n) is 5.05. The molecule has 162 valence electrons. The molecule has 5 heteroatoms. The lowest BCUT2D eigenvalue weighted by Gasteiger charge is -2.32. The standard InChI is InChI=1S/C28H23BO4/c1-27(2)28(3,4)33-29(32-27)21-14-25-26(18-11-6-5-9-16(18)21)20-13-19-17-10-7-8-12-22(17)30-23(19)15-24(20)31-25/h5-15H,1-4H3. The van der Waals surface area contributed by atoms with Crippen molar-refractivity contribution in [3.8, 4) is 0 Å². The molecule has 0 aliphatic carbocycles. The normalized spacial score (nSPS) is 17.9. The Morgan fingerprint density at radius 1 is 0.545 bits per heavy atom. The van der Waals surface area contributed by atoms with Gasteiger partial charge in [0, 0.05) is 27.6 Å². The van der Waals surface area contributed by atoms with E-state index in [1.165, 1.54) is 0 Å². The second kappa shape index (κ2) is 6.19. The van der Waals surface area contributed by atoms with Gasteiger partial charge in [-0.25, -0.2) is 0 Å². The van der Waals surface area contributed by atoms with Crippen molar-refractivity contribution >= 4 is 67.2 Å². The molecule has 0 atom stereocenters. The summed E-state index contributed by atoms with van der Waals surface area (Å²) in [6.45, 7) is 8.31. The Morgan fingerprint density at radius 2 is 1.15 bits per heavy atom. The summed E-state index contributed by atoms with van der Waals surface area (Å²) in [6.07, 6.45) is 0. The summed E-state index contributed by atoms with van der Waals surface area (Å²) in [5, 5.41) is 6.64. The first-order chi connectivity index (χ1) is 15.8. The Morgan fingerprint density at radius 3 is 1.91 bits per heavy atom. The number of furan rings is 2. The lowest BCUT2D eigenvalue weighted by atomic mass is 9.75. The predicted octanol–water partition coefficient (Wildman–Crippen LogP) is 6.94. The number of fused-ring (bicyclic) bond motifs is 8. The van der Waals surface area contributed by atoms with Gasteiger partial charge < -0.3 is 18.1 Å². The van der Waals surface area contributed by atoms with Crippen LogP contribution in [0.3, 0.4) is 0 Å². The third kappa shape index (κ3) is 2.55. The van der Waals surface area contributed by atoms with E-state index in [2.05, 4.69) is 70.2 Å². The Labute approximate surface area is 191 Å². The van der Waals surface area contributed by atoms with E-state index in [9.17, 15) is 0 Å². The Balaban J connectivity index is 1.54. The zero-order valence-corrected chi connectivity index (χ0v) is 19.1. The van der Waals surface area contributed by atoms with Crippen LogP contribution in [0.1, 0.15) is 27.7 Å². The molecule has 0 saturated carbocycles. The predicted molar refractivity (Wildman–Crippen MR) is 134 cm³/mol. The third-order valence-corrected chi connectivity index (χ3v) is 7.52. The maximum atomic E-state index is 6.40. The van der Waals surface area contributed by atoms with Crippen LogP contribution in [0.5, 0.6) is 0 Å². The summed E-state index contributed by atoms with van der Waals surface area (Å²) in [4.78, 5) is 0. The van der Waals surface area contributed by atoms with Gasteiger partial charge in [0.15, 0.2) is 0 Å². The van der Waals surface area contributed by atoms with E-state index in [0.717, 1.165) is 60.1 Å². The van der Waals surface area contributed by atoms with Gasteiger partial charge in [0.25, 0.3) is 0 Å². The van der Waals surface area contributed by atoms with Gasteiger partial charge in [0.2, 0.25) is 0 Å². The number of rotatable bonds is 1. The van der Waals surface area contributed by atoms with Gasteiger partial charge in [-0.3, -0.25) is 0 Å². The smallest absolute Gasteiger partial charge is 0.456 e. The minimum Gasteiger partial charge on any atom is -0.456 e. The second-order valence-electron chi connectivity index (χ2n) is 10.0. The first-order valence-corrected chi connectivity index (χ1v) is 11.4. The third-order valence-electron chi connectivity index (χ3n) is 7.52. The molecule has 6 aromatic rings. The summed E-state index contributed by atoms with van der Waals surface area (Å²) in [5.41, 5.74) is 3.53. The van der Waals surface area contributed by atoms with Gasteiger partial charge in [-0.2, -0.15) is 0 Å². The van der Waals surface area contributed by atoms with E-state index in [4.69, 9.17) is 18.1 Å². The number of benzene rings is 4. The van der Waals surface area contributed by atoms with E-state index in [1.54, 1.807) is 0 Å². The van der Waals surface area contributed by atoms with E-state index < -0.39 is 18.3 Å². The quantitative estimate of drug-likeness (QED) is 0.263. The summed E-state index contributed by atoms with van der Waals surface area (Å²) < 4.78 is 25.3. The van der Waals surface area contributed by atoms with Crippen molar-refractivity contribution in [2.24, 2.45) is 0 Å². The summed E-state index contributed by atoms with van der Waals surface area (Å²) in [7, 11) is -0.460. The van der Waals surface area contributed by atoms with E-state index in [1.807, 2.05) is 24.3 Å². The molecule has 0 N–H and O–H groups in total. The van der Waals surface area contributed by atoms with Gasteiger partial charge in [0.1, 0.15) is 22.3 Å². The molecule has 2 aromatic heterocycles. The molecule has 0 spiro atoms. The average Bonchev–Trinajstić information content (AvgIpc) is 3.39. The molecular weight excluding hydrogens is 411 g/mol. The molecule has 4 aromatic carbocycles. The molecule has 1 aliphatic rings. The molecular formula is C28H23BO4. The largest absolute Gasteiger partial charge is 0.495 e. The van der Waals surface area contributed by atoms with Gasteiger partial charge in [-0.05, 0) is 62.1 Å². The molecule has 0 radical (unpaired) electrons. The van der Waals surface area contributed by atoms with E-state index in [-0.39, 0.29) is 0 Å². The van der Waals surface area contributed by atoms with Crippen LogP contribution < -0.4 is 5.46 Å². The van der Waals surface area contributed by atoms with Crippen LogP contribution in [0.4, 0.5) is 0 Å². The van der Waals surface area contributed by atoms with Crippen LogP contribution in [-0.2, 0) is 9.31 Å². The van der Waals surface area contributed by atoms with Crippen molar-refractivity contribution in [1.82, 2.24) is 0 Å². The van der Waals surface area contributed by atoms with Crippen LogP contribution in [0.25, 0.3) is 54.6 Å². The fourth-order valence-corrected chi connectivity index (χ4v) is 5.05. The Kier molecular flexibility index (Phi) is 3.60. The second-order valence-corrected chi connectivity index (χ2v) is 10.0. The molecule has 7 rings (SSSR count). The summed E-state index contributed by atoms with van der Waals surface area (Å²) >= 11 is 0. The summed E-state index contributed by atoms with van der Waals surface area (Å²) in [6, 6.07) is 22.9. The van der Waals surface area contributed by atoms with Crippen molar-refractivity contribution in [3.63, 3.8) is 0 Å². The van der Waals surface area contributed by atoms with Crippen molar-refractivity contribution in [1.29, 1.82) is 0 Å². The van der Waals surface area contributed by atoms with Crippen LogP contribution in [0, 0.1) is 0 Å². The Hall–Kier alpha value is -3.28. The molecule has 1 fully saturated rings. The molecule has 1 saturated heterocycles. The zero-order valence-electron chi connectivity index (χ0n) is 19.1. The highest BCUT2D eigenvalue weighted by molar-refractivity contribution is 6.66. The molecule has 0 unspecified atom stereocenters. The van der Waals surface area contributed by atoms with Crippen molar-refractivity contribution in [2.75, 3.05) is 0 Å². The van der Waals surface area contributed by atoms with Gasteiger partial charge in [-0.15, -0.1) is 0 Å². The van der Waals surface area contributed by atoms with Crippen LogP contribution in [0.2, 0.25) is 0 Å². The molecule has 0 amide bonds. The highest BCUT2D eigenvalue weighted by Gasteiger charge is 2.52. The van der Waals surface area contributed by atoms with Crippen LogP contribution >= 0.6 is 0 Å². The van der Waals surface area contributed by atoms with Crippen molar-refractivity contribution in [2.45, 2.75) is 38.9 Å². The maximum absolute atomic E-state index is 6.40. The fraction of sp³-hybridized carbons (Fsp3) is 0.214. The molecule has 1 aliphatic heterocycles. The average molecular weight is 434 g/mol. The van der Waals surface area contributed by atoms with E-state index >= 15 is 0 Å². The van der Waals surface area contributed by atoms with Gasteiger partial charge in [0.05, 0.1) is 11.2 Å². The molecule has 33 heavy (non-hydrogen) atoms. The molecule has 4 nitrogen and oxygen atoms in total. The number of hydrogen-bond donors (Lipinski definition) is 0. The lowest BCUT2D eigenvalue weighted by molar-refractivity contribution is 0.00578. The van der Waals surface area contributed by atoms with Crippen molar-refractivity contribution < 1.29 is 18.1 Å². The van der Waals surface area contributed by atoms with Crippen LogP contribution in [-0.4, -0.2) is 18.3 Å². The lowest BCUT2D eigenvalue weighted by Crippen LogP contribution is -2.41. The van der Waals surface area contributed by atoms with Crippen molar-refractivity contribution in [3.05, 3.63) is 66.7 Å². The molecule has 3 heterocycles. The maximum Gasteiger partial charge on any atom is 0.495 e. The van der Waals surface area contributed by atoms with Gasteiger partial charge >= 0.3 is 7.12 Å². The first-order valence-electron chi connectivity index (χ1n) is 11.4. The van der Waals surface area contributed by atoms with E-state index in [0.29, 0.717) is 0 Å². The minimum absolute atomic E-state index is 0.410. The van der Waals surface area contributed by atoms with Gasteiger partial charge in [-0.1, -0.05) is 42.5 Å². The molecule has 0 bridgehead atoms. The monoisotopic (exact) mass is 434 g/mol. The highest BCUT2D eigenvalue weighted by Crippen LogP contribution is 2.41. The Bertz CT molecular complexity index is 1720. The minimum atomic E-state index is -0.460. The number of hydrogen-bond acceptors (Lipinski definition) is 4. The highest BCUT2D eigenvalue weighted by atomic mass is 16.7. The first kappa shape index (κ1) is 19.2. The SMILES string of the molecule is CC1(C)OB(c2cc3oc4cc5oc6ccccc6c5cc4c3c3ccccc23)OC1(C)C. The number of para-hydroxylation sites is 1.